The highest BCUT2D eigenvalue weighted by Gasteiger charge is 2.36. The van der Waals surface area contributed by atoms with Crippen LogP contribution in [0.25, 0.3) is 0 Å². The summed E-state index contributed by atoms with van der Waals surface area (Å²) in [5.74, 6) is 0.0652. The first-order valence-electron chi connectivity index (χ1n) is 6.33. The minimum Gasteiger partial charge on any atom is -0.477 e. The van der Waals surface area contributed by atoms with Gasteiger partial charge in [0.2, 0.25) is 5.84 Å². The number of aliphatic carboxylic acids is 1. The summed E-state index contributed by atoms with van der Waals surface area (Å²) in [4.78, 5) is 15.3. The highest BCUT2D eigenvalue weighted by atomic mass is 16.4. The first-order chi connectivity index (χ1) is 8.64. The quantitative estimate of drug-likeness (QED) is 0.507. The van der Waals surface area contributed by atoms with E-state index in [9.17, 15) is 4.79 Å². The Morgan fingerprint density at radius 1 is 1.56 bits per heavy atom. The molecule has 0 aromatic rings. The number of carbonyl (C=O) groups is 1. The third-order valence-corrected chi connectivity index (χ3v) is 2.97. The van der Waals surface area contributed by atoms with Gasteiger partial charge in [0.1, 0.15) is 12.7 Å². The average Bonchev–Trinajstić information content (AvgIpc) is 2.67. The molecule has 18 heavy (non-hydrogen) atoms. The van der Waals surface area contributed by atoms with Crippen molar-refractivity contribution in [3.63, 3.8) is 0 Å². The Morgan fingerprint density at radius 2 is 2.33 bits per heavy atom. The van der Waals surface area contributed by atoms with E-state index in [1.807, 2.05) is 6.20 Å². The molecule has 1 aliphatic heterocycles. The van der Waals surface area contributed by atoms with E-state index in [1.165, 1.54) is 0 Å². The van der Waals surface area contributed by atoms with Crippen LogP contribution in [0.1, 0.15) is 26.2 Å². The number of carboxylic acids is 1. The Hall–Kier alpha value is -1.46. The molecule has 100 valence electrons. The predicted molar refractivity (Wildman–Crippen MR) is 71.9 cm³/mol. The van der Waals surface area contributed by atoms with Crippen LogP contribution in [0.3, 0.4) is 0 Å². The molecule has 0 aliphatic carbocycles. The normalized spacial score (nSPS) is 22.7. The minimum atomic E-state index is -0.827. The van der Waals surface area contributed by atoms with E-state index in [-0.39, 0.29) is 11.0 Å². The maximum absolute atomic E-state index is 11.0. The van der Waals surface area contributed by atoms with Gasteiger partial charge in [-0.2, -0.15) is 0 Å². The Bertz CT molecular complexity index is 374. The zero-order valence-corrected chi connectivity index (χ0v) is 10.9. The molecule has 5 heteroatoms. The molecule has 0 fully saturated rings. The van der Waals surface area contributed by atoms with E-state index in [4.69, 9.17) is 10.8 Å². The van der Waals surface area contributed by atoms with Crippen LogP contribution in [-0.2, 0) is 4.79 Å². The molecule has 1 atom stereocenters. The van der Waals surface area contributed by atoms with Gasteiger partial charge in [-0.3, -0.25) is 0 Å². The monoisotopic (exact) mass is 252 g/mol. The molecule has 0 aromatic carbocycles. The molecule has 1 unspecified atom stereocenters. The molecular formula is C13H22N3O2+. The number of hydrogen-bond donors (Lipinski definition) is 2. The molecule has 0 aromatic heterocycles. The molecule has 0 bridgehead atoms. The van der Waals surface area contributed by atoms with Crippen molar-refractivity contribution >= 4 is 11.8 Å². The molecular weight excluding hydrogens is 230 g/mol. The number of carboxylic acid groups (broad SMARTS) is 1. The lowest BCUT2D eigenvalue weighted by Gasteiger charge is -2.30. The number of hydrogen-bond acceptors (Lipinski definition) is 3. The number of amidine groups is 1. The smallest absolute Gasteiger partial charge is 0.360 e. The highest BCUT2D eigenvalue weighted by molar-refractivity contribution is 5.81. The van der Waals surface area contributed by atoms with Crippen molar-refractivity contribution in [1.82, 2.24) is 0 Å². The zero-order chi connectivity index (χ0) is 13.4. The van der Waals surface area contributed by atoms with Gasteiger partial charge in [-0.1, -0.05) is 19.1 Å². The van der Waals surface area contributed by atoms with Crippen LogP contribution in [0, 0.1) is 0 Å². The molecule has 0 amide bonds. The predicted octanol–water partition coefficient (Wildman–Crippen LogP) is 1.48. The van der Waals surface area contributed by atoms with Crippen LogP contribution in [0.2, 0.25) is 0 Å². The van der Waals surface area contributed by atoms with Crippen molar-refractivity contribution in [2.45, 2.75) is 26.2 Å². The maximum Gasteiger partial charge on any atom is 0.360 e. The second-order valence-corrected chi connectivity index (χ2v) is 4.36. The van der Waals surface area contributed by atoms with Gasteiger partial charge < -0.3 is 10.8 Å². The van der Waals surface area contributed by atoms with Crippen molar-refractivity contribution in [3.05, 3.63) is 24.6 Å². The molecule has 0 saturated carbocycles. The number of nitrogens with zero attached hydrogens (tertiary/aromatic N) is 2. The third-order valence-electron chi connectivity index (χ3n) is 2.97. The summed E-state index contributed by atoms with van der Waals surface area (Å²) in [6.07, 6.45) is 10.4. The van der Waals surface area contributed by atoms with Crippen molar-refractivity contribution in [3.8, 4) is 0 Å². The van der Waals surface area contributed by atoms with Gasteiger partial charge in [0.25, 0.3) is 0 Å². The Labute approximate surface area is 108 Å². The number of rotatable bonds is 8. The number of allylic oxidation sites excluding steroid dienone is 2. The van der Waals surface area contributed by atoms with Crippen LogP contribution in [0.4, 0.5) is 0 Å². The van der Waals surface area contributed by atoms with Gasteiger partial charge in [-0.05, 0) is 12.8 Å². The van der Waals surface area contributed by atoms with Crippen LogP contribution in [0.15, 0.2) is 29.5 Å². The Kier molecular flexibility index (Phi) is 5.74. The molecule has 3 N–H and O–H groups in total. The Balaban J connectivity index is 2.70. The fourth-order valence-corrected chi connectivity index (χ4v) is 2.13. The van der Waals surface area contributed by atoms with Gasteiger partial charge >= 0.3 is 5.97 Å². The second-order valence-electron chi connectivity index (χ2n) is 4.36. The zero-order valence-electron chi connectivity index (χ0n) is 10.9. The molecule has 0 saturated heterocycles. The number of nitrogens with two attached hydrogens (primary N) is 1. The molecule has 5 nitrogen and oxygen atoms in total. The van der Waals surface area contributed by atoms with Crippen LogP contribution >= 0.6 is 0 Å². The van der Waals surface area contributed by atoms with Gasteiger partial charge in [-0.15, -0.1) is 0 Å². The molecule has 0 spiro atoms. The summed E-state index contributed by atoms with van der Waals surface area (Å²) >= 11 is 0. The average molecular weight is 252 g/mol. The summed E-state index contributed by atoms with van der Waals surface area (Å²) in [6.45, 7) is 3.13. The van der Waals surface area contributed by atoms with Crippen molar-refractivity contribution < 1.29 is 14.4 Å². The first-order valence-corrected chi connectivity index (χ1v) is 6.33. The fraction of sp³-hybridized carbons (Fsp3) is 0.538. The SMILES string of the molecule is CC/C=C/CCC1=NC=C[N+]1(CCN)CC(=O)O. The van der Waals surface area contributed by atoms with Crippen LogP contribution in [0.5, 0.6) is 0 Å². The van der Waals surface area contributed by atoms with E-state index < -0.39 is 5.97 Å². The second kappa shape index (κ2) is 7.08. The summed E-state index contributed by atoms with van der Waals surface area (Å²) in [5, 5.41) is 9.03. The van der Waals surface area contributed by atoms with E-state index in [1.54, 1.807) is 6.20 Å². The number of aliphatic imine (C=N–C) groups is 1. The summed E-state index contributed by atoms with van der Waals surface area (Å²) in [5.41, 5.74) is 5.60. The maximum atomic E-state index is 11.0. The fourth-order valence-electron chi connectivity index (χ4n) is 2.13. The van der Waals surface area contributed by atoms with Crippen molar-refractivity contribution in [1.29, 1.82) is 0 Å². The van der Waals surface area contributed by atoms with E-state index >= 15 is 0 Å². The number of quaternary nitrogens is 1. The van der Waals surface area contributed by atoms with Gasteiger partial charge in [0.15, 0.2) is 6.54 Å². The largest absolute Gasteiger partial charge is 0.477 e. The summed E-state index contributed by atoms with van der Waals surface area (Å²) < 4.78 is 0.270. The lowest BCUT2D eigenvalue weighted by molar-refractivity contribution is -0.778. The van der Waals surface area contributed by atoms with E-state index in [2.05, 4.69) is 24.1 Å². The van der Waals surface area contributed by atoms with E-state index in [0.717, 1.165) is 25.1 Å². The van der Waals surface area contributed by atoms with Gasteiger partial charge in [-0.25, -0.2) is 14.3 Å². The van der Waals surface area contributed by atoms with Crippen LogP contribution in [-0.4, -0.2) is 41.0 Å². The Morgan fingerprint density at radius 3 is 2.94 bits per heavy atom. The molecule has 0 radical (unpaired) electrons. The van der Waals surface area contributed by atoms with Crippen LogP contribution < -0.4 is 5.73 Å². The lowest BCUT2D eigenvalue weighted by Crippen LogP contribution is -2.52. The standard InChI is InChI=1S/C13H21N3O2/c1-2-3-4-5-6-12-15-8-10-16(12,9-7-14)11-13(17)18/h3-4,8,10H,2,5-7,9,11,14H2,1H3/p+1/b4-3+. The van der Waals surface area contributed by atoms with Crippen molar-refractivity contribution in [2.24, 2.45) is 10.7 Å². The van der Waals surface area contributed by atoms with Gasteiger partial charge in [0, 0.05) is 13.0 Å². The van der Waals surface area contributed by atoms with Gasteiger partial charge in [0.05, 0.1) is 6.20 Å². The molecule has 1 rings (SSSR count). The third kappa shape index (κ3) is 3.78. The first kappa shape index (κ1) is 14.6. The molecule has 1 aliphatic rings. The summed E-state index contributed by atoms with van der Waals surface area (Å²) in [7, 11) is 0. The van der Waals surface area contributed by atoms with Crippen molar-refractivity contribution in [2.75, 3.05) is 19.6 Å². The highest BCUT2D eigenvalue weighted by Crippen LogP contribution is 2.19. The minimum absolute atomic E-state index is 0.0179. The summed E-state index contributed by atoms with van der Waals surface area (Å²) in [6, 6.07) is 0. The topological polar surface area (TPSA) is 75.7 Å². The molecule has 1 heterocycles. The van der Waals surface area contributed by atoms with E-state index in [0.29, 0.717) is 13.1 Å². The lowest BCUT2D eigenvalue weighted by atomic mass is 10.2.